The molecule has 0 bridgehead atoms. The van der Waals surface area contributed by atoms with Gasteiger partial charge in [-0.25, -0.2) is 0 Å². The number of aryl methyl sites for hydroxylation is 2. The van der Waals surface area contributed by atoms with Gasteiger partial charge in [0, 0.05) is 6.85 Å². The van der Waals surface area contributed by atoms with Gasteiger partial charge in [-0.2, -0.15) is 0 Å². The molecule has 0 saturated carbocycles. The molecule has 0 saturated heterocycles. The average Bonchev–Trinajstić information content (AvgIpc) is 2.01. The van der Waals surface area contributed by atoms with Crippen LogP contribution in [0.5, 0.6) is 0 Å². The molecule has 0 heteroatoms. The van der Waals surface area contributed by atoms with E-state index in [9.17, 15) is 0 Å². The first-order valence-electron chi connectivity index (χ1n) is 5.33. The van der Waals surface area contributed by atoms with E-state index in [2.05, 4.69) is 0 Å². The van der Waals surface area contributed by atoms with Crippen molar-refractivity contribution in [2.24, 2.45) is 0 Å². The quantitative estimate of drug-likeness (QED) is 0.541. The van der Waals surface area contributed by atoms with E-state index in [1.54, 1.807) is 12.1 Å². The first-order valence-corrected chi connectivity index (χ1v) is 2.83. The van der Waals surface area contributed by atoms with Crippen LogP contribution in [0.15, 0.2) is 24.3 Å². The van der Waals surface area contributed by atoms with Crippen LogP contribution in [0.1, 0.15) is 24.9 Å². The van der Waals surface area contributed by atoms with Crippen LogP contribution in [0, 0.1) is 6.85 Å². The normalized spacial score (nSPS) is 20.8. The minimum Gasteiger partial charge on any atom is -0.0620 e. The van der Waals surface area contributed by atoms with Gasteiger partial charge in [0.25, 0.3) is 0 Å². The smallest absolute Gasteiger partial charge is 0.0313 e. The lowest BCUT2D eigenvalue weighted by molar-refractivity contribution is 1.11. The summed E-state index contributed by atoms with van der Waals surface area (Å²) in [4.78, 5) is 0. The summed E-state index contributed by atoms with van der Waals surface area (Å²) in [6.07, 6.45) is -1.62. The van der Waals surface area contributed by atoms with Gasteiger partial charge in [-0.15, -0.1) is 0 Å². The Bertz CT molecular complexity index is 288. The summed E-state index contributed by atoms with van der Waals surface area (Å²) in [5.41, 5.74) is 0.326. The van der Waals surface area contributed by atoms with Gasteiger partial charge < -0.3 is 0 Å². The molecule has 48 valence electrons. The highest BCUT2D eigenvalue weighted by Gasteiger charge is 1.89. The Kier molecular flexibility index (Phi) is 0.729. The van der Waals surface area contributed by atoms with Crippen LogP contribution >= 0.6 is 0 Å². The summed E-state index contributed by atoms with van der Waals surface area (Å²) in [5, 5.41) is 0. The highest BCUT2D eigenvalue weighted by atomic mass is 13.9. The number of benzene rings is 1. The van der Waals surface area contributed by atoms with E-state index in [1.807, 2.05) is 0 Å². The Balaban J connectivity index is 3.31. The van der Waals surface area contributed by atoms with E-state index >= 15 is 0 Å². The molecule has 0 fully saturated rings. The Morgan fingerprint density at radius 3 is 2.89 bits per heavy atom. The SMILES string of the molecule is [2H]C([2H])([2H])c1ccccc1C([2H])([2H])C. The molecule has 9 heavy (non-hydrogen) atoms. The van der Waals surface area contributed by atoms with Crippen LogP contribution in [0.3, 0.4) is 0 Å². The minimum absolute atomic E-state index is 0.0903. The highest BCUT2D eigenvalue weighted by molar-refractivity contribution is 5.24. The second-order valence-corrected chi connectivity index (χ2v) is 1.80. The van der Waals surface area contributed by atoms with Crippen LogP contribution in [-0.4, -0.2) is 0 Å². The first-order chi connectivity index (χ1) is 6.23. The fraction of sp³-hybridized carbons (Fsp3) is 0.333. The topological polar surface area (TPSA) is 0 Å². The van der Waals surface area contributed by atoms with Crippen molar-refractivity contribution < 1.29 is 6.85 Å². The molecule has 1 rings (SSSR count). The maximum atomic E-state index is 7.51. The van der Waals surface area contributed by atoms with Gasteiger partial charge >= 0.3 is 0 Å². The maximum absolute atomic E-state index is 7.51. The van der Waals surface area contributed by atoms with E-state index in [4.69, 9.17) is 6.85 Å². The van der Waals surface area contributed by atoms with Crippen molar-refractivity contribution in [1.29, 1.82) is 0 Å². The van der Waals surface area contributed by atoms with Crippen LogP contribution in [0.4, 0.5) is 0 Å². The zero-order valence-corrected chi connectivity index (χ0v) is 5.31. The zero-order valence-electron chi connectivity index (χ0n) is 10.3. The summed E-state index contributed by atoms with van der Waals surface area (Å²) in [5.74, 6) is 0. The van der Waals surface area contributed by atoms with E-state index < -0.39 is 13.2 Å². The molecule has 0 aliphatic rings. The summed E-state index contributed by atoms with van der Waals surface area (Å²) < 4.78 is 36.8. The molecular weight excluding hydrogens is 108 g/mol. The molecule has 0 heterocycles. The third-order valence-electron chi connectivity index (χ3n) is 1.20. The lowest BCUT2D eigenvalue weighted by Gasteiger charge is -1.98. The standard InChI is InChI=1S/C9H12/c1-3-9-7-5-4-6-8(9)2/h4-7H,3H2,1-2H3/i2D3,3D2. The lowest BCUT2D eigenvalue weighted by Crippen LogP contribution is -1.82. The van der Waals surface area contributed by atoms with E-state index in [0.29, 0.717) is 0 Å². The van der Waals surface area contributed by atoms with Crippen molar-refractivity contribution in [3.63, 3.8) is 0 Å². The molecular formula is C9H12. The Labute approximate surface area is 63.6 Å². The molecule has 0 nitrogen and oxygen atoms in total. The largest absolute Gasteiger partial charge is 0.0620 e. The second kappa shape index (κ2) is 2.67. The van der Waals surface area contributed by atoms with Gasteiger partial charge in [0.2, 0.25) is 0 Å². The first kappa shape index (κ1) is 2.45. The highest BCUT2D eigenvalue weighted by Crippen LogP contribution is 2.06. The van der Waals surface area contributed by atoms with Crippen molar-refractivity contribution in [3.05, 3.63) is 35.4 Å². The number of hydrogen-bond acceptors (Lipinski definition) is 0. The zero-order chi connectivity index (χ0) is 11.0. The third-order valence-corrected chi connectivity index (χ3v) is 1.20. The van der Waals surface area contributed by atoms with Crippen LogP contribution < -0.4 is 0 Å². The van der Waals surface area contributed by atoms with E-state index in [-0.39, 0.29) is 11.1 Å². The summed E-state index contributed by atoms with van der Waals surface area (Å²) in [6.45, 7) is -0.891. The average molecular weight is 125 g/mol. The van der Waals surface area contributed by atoms with Crippen LogP contribution in [0.25, 0.3) is 0 Å². The van der Waals surface area contributed by atoms with Crippen molar-refractivity contribution in [2.75, 3.05) is 0 Å². The molecule has 0 spiro atoms. The van der Waals surface area contributed by atoms with Gasteiger partial charge in [-0.05, 0) is 24.4 Å². The Morgan fingerprint density at radius 2 is 2.33 bits per heavy atom. The van der Waals surface area contributed by atoms with Crippen molar-refractivity contribution in [1.82, 2.24) is 0 Å². The molecule has 0 aliphatic carbocycles. The van der Waals surface area contributed by atoms with E-state index in [1.165, 1.54) is 19.1 Å². The van der Waals surface area contributed by atoms with Crippen LogP contribution in [0.2, 0.25) is 0 Å². The van der Waals surface area contributed by atoms with Crippen LogP contribution in [-0.2, 0) is 6.37 Å². The van der Waals surface area contributed by atoms with Gasteiger partial charge in [0.05, 0.1) is 0 Å². The van der Waals surface area contributed by atoms with Gasteiger partial charge in [-0.3, -0.25) is 0 Å². The molecule has 0 aromatic heterocycles. The number of hydrogen-bond donors (Lipinski definition) is 0. The fourth-order valence-corrected chi connectivity index (χ4v) is 0.701. The Morgan fingerprint density at radius 1 is 1.56 bits per heavy atom. The third kappa shape index (κ3) is 1.32. The predicted octanol–water partition coefficient (Wildman–Crippen LogP) is 2.56. The fourth-order valence-electron chi connectivity index (χ4n) is 0.701. The molecule has 0 N–H and O–H groups in total. The lowest BCUT2D eigenvalue weighted by atomic mass is 10.1. The van der Waals surface area contributed by atoms with E-state index in [0.717, 1.165) is 0 Å². The Hall–Kier alpha value is -0.780. The van der Waals surface area contributed by atoms with Crippen molar-refractivity contribution in [2.45, 2.75) is 20.1 Å². The molecule has 0 radical (unpaired) electrons. The molecule has 1 aromatic carbocycles. The minimum atomic E-state index is -2.25. The van der Waals surface area contributed by atoms with Gasteiger partial charge in [0.1, 0.15) is 0 Å². The van der Waals surface area contributed by atoms with Crippen molar-refractivity contribution in [3.8, 4) is 0 Å². The monoisotopic (exact) mass is 125 g/mol. The van der Waals surface area contributed by atoms with Gasteiger partial charge in [0.15, 0.2) is 0 Å². The summed E-state index contributed by atoms with van der Waals surface area (Å²) >= 11 is 0. The second-order valence-electron chi connectivity index (χ2n) is 1.80. The number of rotatable bonds is 1. The molecule has 1 aromatic rings. The van der Waals surface area contributed by atoms with Crippen molar-refractivity contribution >= 4 is 0 Å². The molecule has 0 amide bonds. The predicted molar refractivity (Wildman–Crippen MR) is 40.6 cm³/mol. The molecule has 0 aliphatic heterocycles. The summed E-state index contributed by atoms with van der Waals surface area (Å²) in [6, 6.07) is 6.22. The molecule has 0 unspecified atom stereocenters. The van der Waals surface area contributed by atoms with Gasteiger partial charge in [-0.1, -0.05) is 31.2 Å². The summed E-state index contributed by atoms with van der Waals surface area (Å²) in [7, 11) is 0. The molecule has 0 atom stereocenters. The maximum Gasteiger partial charge on any atom is 0.0313 e.